The molecule has 0 saturated heterocycles. The lowest BCUT2D eigenvalue weighted by Crippen LogP contribution is -2.04. The van der Waals surface area contributed by atoms with E-state index >= 15 is 0 Å². The van der Waals surface area contributed by atoms with Gasteiger partial charge in [0.1, 0.15) is 10.9 Å². The topological polar surface area (TPSA) is 53.5 Å². The van der Waals surface area contributed by atoms with Crippen molar-refractivity contribution in [2.45, 2.75) is 0 Å². The van der Waals surface area contributed by atoms with Crippen LogP contribution < -0.4 is 14.2 Å². The second kappa shape index (κ2) is 4.79. The first-order valence-corrected chi connectivity index (χ1v) is 5.05. The van der Waals surface area contributed by atoms with Gasteiger partial charge in [-0.2, -0.15) is 14.4 Å². The van der Waals surface area contributed by atoms with Crippen LogP contribution in [0.2, 0.25) is 0 Å². The number of hydrogen-bond donors (Lipinski definition) is 0. The van der Waals surface area contributed by atoms with Crippen LogP contribution >= 0.6 is 0 Å². The van der Waals surface area contributed by atoms with E-state index in [0.29, 0.717) is 0 Å². The molecular weight excluding hydrogens is 265 g/mol. The summed E-state index contributed by atoms with van der Waals surface area (Å²) in [5.41, 5.74) is -0.487. The van der Waals surface area contributed by atoms with Crippen LogP contribution in [0.3, 0.4) is 0 Å². The Hall–Kier alpha value is -2.25. The van der Waals surface area contributed by atoms with Crippen molar-refractivity contribution >= 4 is 10.9 Å². The van der Waals surface area contributed by atoms with Crippen LogP contribution in [0.25, 0.3) is 10.9 Å². The van der Waals surface area contributed by atoms with Crippen LogP contribution in [0.4, 0.5) is 13.2 Å². The van der Waals surface area contributed by atoms with Crippen molar-refractivity contribution in [3.8, 4) is 17.6 Å². The monoisotopic (exact) mass is 274 g/mol. The molecule has 2 aromatic rings. The van der Waals surface area contributed by atoms with Gasteiger partial charge in [0, 0.05) is 0 Å². The fourth-order valence-corrected chi connectivity index (χ4v) is 1.61. The average molecular weight is 274 g/mol. The van der Waals surface area contributed by atoms with E-state index in [1.165, 1.54) is 14.2 Å². The molecule has 0 fully saturated rings. The van der Waals surface area contributed by atoms with Crippen molar-refractivity contribution in [1.82, 2.24) is 9.97 Å². The van der Waals surface area contributed by atoms with E-state index in [9.17, 15) is 13.2 Å². The maximum absolute atomic E-state index is 14.0. The van der Waals surface area contributed by atoms with Gasteiger partial charge in [0.2, 0.25) is 11.7 Å². The maximum atomic E-state index is 14.0. The van der Waals surface area contributed by atoms with Gasteiger partial charge < -0.3 is 14.2 Å². The minimum Gasteiger partial charge on any atom is -0.491 e. The number of fused-ring (bicyclic) bond motifs is 1. The zero-order valence-electron chi connectivity index (χ0n) is 10.3. The Kier molecular flexibility index (Phi) is 3.32. The lowest BCUT2D eigenvalue weighted by molar-refractivity contribution is 0.342. The van der Waals surface area contributed by atoms with Gasteiger partial charge in [0.05, 0.1) is 21.3 Å². The largest absolute Gasteiger partial charge is 0.491 e. The molecule has 5 nitrogen and oxygen atoms in total. The Balaban J connectivity index is 2.98. The van der Waals surface area contributed by atoms with E-state index in [1.54, 1.807) is 0 Å². The van der Waals surface area contributed by atoms with Crippen LogP contribution in [0.1, 0.15) is 0 Å². The fourth-order valence-electron chi connectivity index (χ4n) is 1.61. The number of hydrogen-bond acceptors (Lipinski definition) is 5. The number of halogens is 3. The first-order valence-electron chi connectivity index (χ1n) is 5.05. The summed E-state index contributed by atoms with van der Waals surface area (Å²) in [5, 5.41) is -0.515. The molecule has 1 heterocycles. The molecule has 0 atom stereocenters. The highest BCUT2D eigenvalue weighted by atomic mass is 19.2. The van der Waals surface area contributed by atoms with E-state index in [4.69, 9.17) is 9.47 Å². The molecule has 8 heteroatoms. The molecule has 2 rings (SSSR count). The number of aromatic nitrogens is 2. The SMILES string of the molecule is COc1nc(OC)c2c(F)c(F)c(OC)c(F)c2n1. The predicted octanol–water partition coefficient (Wildman–Crippen LogP) is 2.07. The van der Waals surface area contributed by atoms with Crippen molar-refractivity contribution in [1.29, 1.82) is 0 Å². The van der Waals surface area contributed by atoms with Crippen molar-refractivity contribution in [2.24, 2.45) is 0 Å². The highest BCUT2D eigenvalue weighted by molar-refractivity contribution is 5.86. The van der Waals surface area contributed by atoms with Gasteiger partial charge in [-0.05, 0) is 0 Å². The molecule has 0 aliphatic carbocycles. The Labute approximate surface area is 105 Å². The molecule has 0 unspecified atom stereocenters. The van der Waals surface area contributed by atoms with Crippen molar-refractivity contribution in [2.75, 3.05) is 21.3 Å². The van der Waals surface area contributed by atoms with Crippen LogP contribution in [-0.4, -0.2) is 31.3 Å². The van der Waals surface area contributed by atoms with Crippen LogP contribution in [0, 0.1) is 17.5 Å². The van der Waals surface area contributed by atoms with Gasteiger partial charge in [0.15, 0.2) is 17.4 Å². The molecule has 0 bridgehead atoms. The van der Waals surface area contributed by atoms with Gasteiger partial charge in [-0.1, -0.05) is 0 Å². The number of methoxy groups -OCH3 is 3. The van der Waals surface area contributed by atoms with Crippen LogP contribution in [0.5, 0.6) is 17.6 Å². The minimum atomic E-state index is -1.47. The summed E-state index contributed by atoms with van der Waals surface area (Å²) in [6, 6.07) is -0.240. The van der Waals surface area contributed by atoms with E-state index in [2.05, 4.69) is 14.7 Å². The molecule has 0 radical (unpaired) electrons. The summed E-state index contributed by atoms with van der Waals surface area (Å²) in [5.74, 6) is -5.18. The highest BCUT2D eigenvalue weighted by Gasteiger charge is 2.26. The predicted molar refractivity (Wildman–Crippen MR) is 59.1 cm³/mol. The zero-order chi connectivity index (χ0) is 14.2. The Morgan fingerprint density at radius 1 is 0.789 bits per heavy atom. The van der Waals surface area contributed by atoms with Gasteiger partial charge >= 0.3 is 6.01 Å². The van der Waals surface area contributed by atoms with E-state index in [1.807, 2.05) is 0 Å². The molecule has 0 amide bonds. The second-order valence-corrected chi connectivity index (χ2v) is 3.42. The third kappa shape index (κ3) is 1.88. The normalized spacial score (nSPS) is 10.6. The molecule has 1 aromatic heterocycles. The molecule has 1 aromatic carbocycles. The summed E-state index contributed by atoms with van der Waals surface area (Å²) in [7, 11) is 3.44. The number of benzene rings is 1. The molecule has 0 spiro atoms. The third-order valence-electron chi connectivity index (χ3n) is 2.45. The van der Waals surface area contributed by atoms with Crippen molar-refractivity contribution in [3.05, 3.63) is 17.5 Å². The van der Waals surface area contributed by atoms with Crippen LogP contribution in [0.15, 0.2) is 0 Å². The Morgan fingerprint density at radius 2 is 1.47 bits per heavy atom. The van der Waals surface area contributed by atoms with Gasteiger partial charge in [-0.15, -0.1) is 0 Å². The fraction of sp³-hybridized carbons (Fsp3) is 0.273. The van der Waals surface area contributed by atoms with E-state index < -0.39 is 34.1 Å². The smallest absolute Gasteiger partial charge is 0.320 e. The zero-order valence-corrected chi connectivity index (χ0v) is 10.3. The molecule has 19 heavy (non-hydrogen) atoms. The lowest BCUT2D eigenvalue weighted by atomic mass is 10.2. The first-order chi connectivity index (χ1) is 9.04. The first kappa shape index (κ1) is 13.2. The Bertz CT molecular complexity index is 649. The van der Waals surface area contributed by atoms with Gasteiger partial charge in [-0.3, -0.25) is 0 Å². The van der Waals surface area contributed by atoms with Gasteiger partial charge in [-0.25, -0.2) is 8.78 Å². The number of ether oxygens (including phenoxy) is 3. The number of rotatable bonds is 3. The quantitative estimate of drug-likeness (QED) is 0.802. The van der Waals surface area contributed by atoms with Crippen molar-refractivity contribution in [3.63, 3.8) is 0 Å². The van der Waals surface area contributed by atoms with Gasteiger partial charge in [0.25, 0.3) is 0 Å². The molecule has 102 valence electrons. The maximum Gasteiger partial charge on any atom is 0.320 e. The Morgan fingerprint density at radius 3 is 2.00 bits per heavy atom. The second-order valence-electron chi connectivity index (χ2n) is 3.42. The molecule has 0 aliphatic rings. The lowest BCUT2D eigenvalue weighted by Gasteiger charge is -2.11. The molecule has 0 N–H and O–H groups in total. The summed E-state index contributed by atoms with van der Waals surface area (Å²) in [6.45, 7) is 0. The van der Waals surface area contributed by atoms with Crippen molar-refractivity contribution < 1.29 is 27.4 Å². The summed E-state index contributed by atoms with van der Waals surface area (Å²) in [6.07, 6.45) is 0. The molecule has 0 saturated carbocycles. The average Bonchev–Trinajstić information content (AvgIpc) is 2.44. The van der Waals surface area contributed by atoms with Crippen LogP contribution in [-0.2, 0) is 0 Å². The molecular formula is C11H9F3N2O3. The summed E-state index contributed by atoms with van der Waals surface area (Å²) in [4.78, 5) is 7.30. The third-order valence-corrected chi connectivity index (χ3v) is 2.45. The highest BCUT2D eigenvalue weighted by Crippen LogP contribution is 2.36. The summed E-state index contributed by atoms with van der Waals surface area (Å²) >= 11 is 0. The van der Waals surface area contributed by atoms with E-state index in [0.717, 1.165) is 7.11 Å². The minimum absolute atomic E-state index is 0.240. The molecule has 0 aliphatic heterocycles. The number of nitrogens with zero attached hydrogens (tertiary/aromatic N) is 2. The standard InChI is InChI=1S/C11H9F3N2O3/c1-17-9-6(13)5(12)4-8(7(9)14)15-11(19-3)16-10(4)18-2/h1-3H3. The summed E-state index contributed by atoms with van der Waals surface area (Å²) < 4.78 is 55.5. The van der Waals surface area contributed by atoms with E-state index in [-0.39, 0.29) is 11.9 Å².